The highest BCUT2D eigenvalue weighted by Gasteiger charge is 2.44. The summed E-state index contributed by atoms with van der Waals surface area (Å²) in [5.74, 6) is -1.19. The summed E-state index contributed by atoms with van der Waals surface area (Å²) < 4.78 is 26.3. The fourth-order valence-electron chi connectivity index (χ4n) is 2.07. The fourth-order valence-corrected chi connectivity index (χ4v) is 4.75. The second kappa shape index (κ2) is 4.80. The van der Waals surface area contributed by atoms with Gasteiger partial charge >= 0.3 is 5.97 Å². The zero-order chi connectivity index (χ0) is 15.3. The van der Waals surface area contributed by atoms with E-state index in [1.54, 1.807) is 13.8 Å². The molecule has 0 aliphatic carbocycles. The molecule has 0 radical (unpaired) electrons. The zero-order valence-corrected chi connectivity index (χ0v) is 13.3. The van der Waals surface area contributed by atoms with Crippen LogP contribution in [0.15, 0.2) is 21.5 Å². The Morgan fingerprint density at radius 2 is 1.95 bits per heavy atom. The van der Waals surface area contributed by atoms with Gasteiger partial charge in [-0.1, -0.05) is 0 Å². The van der Waals surface area contributed by atoms with Crippen molar-refractivity contribution in [2.24, 2.45) is 0 Å². The SMILES string of the molecule is Cc1cc(C(=O)O)cc(S(=O)(=O)N2CC(C)(O)C2)c1Br. The summed E-state index contributed by atoms with van der Waals surface area (Å²) in [7, 11) is -3.82. The predicted molar refractivity (Wildman–Crippen MR) is 75.2 cm³/mol. The van der Waals surface area contributed by atoms with Gasteiger partial charge in [0.25, 0.3) is 0 Å². The number of aryl methyl sites for hydroxylation is 1. The lowest BCUT2D eigenvalue weighted by atomic mass is 10.0. The maximum Gasteiger partial charge on any atom is 0.335 e. The van der Waals surface area contributed by atoms with Crippen LogP contribution in [0.3, 0.4) is 0 Å². The number of β-amino-alcohol motifs (C(OH)–C–C–N with tert-alkyl or cyclic N) is 1. The van der Waals surface area contributed by atoms with E-state index in [4.69, 9.17) is 5.11 Å². The number of nitrogens with zero attached hydrogens (tertiary/aromatic N) is 1. The monoisotopic (exact) mass is 363 g/mol. The summed E-state index contributed by atoms with van der Waals surface area (Å²) in [5.41, 5.74) is -0.591. The van der Waals surface area contributed by atoms with Crippen LogP contribution in [0.5, 0.6) is 0 Å². The standard InChI is InChI=1S/C12H14BrNO5S/c1-7-3-8(11(15)16)4-9(10(7)13)20(18,19)14-5-12(2,17)6-14/h3-4,17H,5-6H2,1-2H3,(H,15,16). The van der Waals surface area contributed by atoms with Gasteiger partial charge < -0.3 is 10.2 Å². The molecule has 1 aliphatic rings. The molecule has 0 unspecified atom stereocenters. The second-order valence-corrected chi connectivity index (χ2v) is 7.88. The lowest BCUT2D eigenvalue weighted by Crippen LogP contribution is -2.61. The van der Waals surface area contributed by atoms with E-state index in [-0.39, 0.29) is 23.5 Å². The van der Waals surface area contributed by atoms with E-state index in [0.29, 0.717) is 10.0 Å². The van der Waals surface area contributed by atoms with Gasteiger partial charge in [-0.2, -0.15) is 4.31 Å². The average molecular weight is 364 g/mol. The Labute approximate surface area is 125 Å². The van der Waals surface area contributed by atoms with E-state index < -0.39 is 21.6 Å². The first-order valence-corrected chi connectivity index (χ1v) is 8.04. The van der Waals surface area contributed by atoms with Crippen LogP contribution < -0.4 is 0 Å². The molecule has 0 spiro atoms. The number of aromatic carboxylic acids is 1. The molecule has 6 nitrogen and oxygen atoms in total. The van der Waals surface area contributed by atoms with Crippen LogP contribution in [0.1, 0.15) is 22.8 Å². The Bertz CT molecular complexity index is 675. The zero-order valence-electron chi connectivity index (χ0n) is 10.9. The van der Waals surface area contributed by atoms with Crippen LogP contribution in [-0.2, 0) is 10.0 Å². The third kappa shape index (κ3) is 2.60. The second-order valence-electron chi connectivity index (χ2n) is 5.18. The summed E-state index contributed by atoms with van der Waals surface area (Å²) >= 11 is 3.19. The highest BCUT2D eigenvalue weighted by molar-refractivity contribution is 9.10. The van der Waals surface area contributed by atoms with Gasteiger partial charge in [0.15, 0.2) is 0 Å². The molecule has 0 atom stereocenters. The number of carboxylic acids is 1. The number of carboxylic acid groups (broad SMARTS) is 1. The quantitative estimate of drug-likeness (QED) is 0.841. The third-order valence-corrected chi connectivity index (χ3v) is 6.25. The first-order chi connectivity index (χ1) is 9.04. The molecular formula is C12H14BrNO5S. The van der Waals surface area contributed by atoms with Gasteiger partial charge in [-0.15, -0.1) is 0 Å². The van der Waals surface area contributed by atoms with Crippen LogP contribution in [0, 0.1) is 6.92 Å². The summed E-state index contributed by atoms with van der Waals surface area (Å²) in [6.07, 6.45) is 0. The third-order valence-electron chi connectivity index (χ3n) is 3.12. The van der Waals surface area contributed by atoms with E-state index in [9.17, 15) is 18.3 Å². The molecule has 2 N–H and O–H groups in total. The van der Waals surface area contributed by atoms with Crippen LogP contribution in [0.2, 0.25) is 0 Å². The van der Waals surface area contributed by atoms with Crippen LogP contribution in [0.4, 0.5) is 0 Å². The van der Waals surface area contributed by atoms with Gasteiger partial charge in [0, 0.05) is 17.6 Å². The van der Waals surface area contributed by atoms with E-state index in [2.05, 4.69) is 15.9 Å². The molecule has 0 aromatic heterocycles. The van der Waals surface area contributed by atoms with E-state index in [1.165, 1.54) is 6.07 Å². The minimum Gasteiger partial charge on any atom is -0.478 e. The molecule has 1 heterocycles. The average Bonchev–Trinajstić information content (AvgIpc) is 2.28. The molecule has 8 heteroatoms. The smallest absolute Gasteiger partial charge is 0.335 e. The van der Waals surface area contributed by atoms with Crippen molar-refractivity contribution in [3.8, 4) is 0 Å². The summed E-state index contributed by atoms with van der Waals surface area (Å²) in [5, 5.41) is 18.7. The van der Waals surface area contributed by atoms with Crippen LogP contribution in [0.25, 0.3) is 0 Å². The van der Waals surface area contributed by atoms with Gasteiger partial charge in [-0.05, 0) is 47.5 Å². The molecule has 2 rings (SSSR count). The van der Waals surface area contributed by atoms with Crippen molar-refractivity contribution in [2.75, 3.05) is 13.1 Å². The van der Waals surface area contributed by atoms with Crippen LogP contribution in [-0.4, -0.2) is 47.6 Å². The highest BCUT2D eigenvalue weighted by atomic mass is 79.9. The molecule has 20 heavy (non-hydrogen) atoms. The summed E-state index contributed by atoms with van der Waals surface area (Å²) in [6, 6.07) is 2.53. The number of carbonyl (C=O) groups is 1. The topological polar surface area (TPSA) is 94.9 Å². The van der Waals surface area contributed by atoms with Crippen molar-refractivity contribution >= 4 is 31.9 Å². The lowest BCUT2D eigenvalue weighted by Gasteiger charge is -2.43. The molecule has 0 amide bonds. The van der Waals surface area contributed by atoms with E-state index in [1.807, 2.05) is 0 Å². The number of hydrogen-bond donors (Lipinski definition) is 2. The van der Waals surface area contributed by atoms with Gasteiger partial charge in [0.05, 0.1) is 16.1 Å². The lowest BCUT2D eigenvalue weighted by molar-refractivity contribution is -0.0426. The largest absolute Gasteiger partial charge is 0.478 e. The first-order valence-electron chi connectivity index (χ1n) is 5.80. The Hall–Kier alpha value is -0.960. The molecule has 1 aliphatic heterocycles. The minimum absolute atomic E-state index is 0.00187. The molecule has 110 valence electrons. The number of rotatable bonds is 3. The molecule has 1 fully saturated rings. The normalized spacial score (nSPS) is 18.6. The number of benzene rings is 1. The van der Waals surface area contributed by atoms with Crippen molar-refractivity contribution < 1.29 is 23.4 Å². The Kier molecular flexibility index (Phi) is 3.70. The van der Waals surface area contributed by atoms with Gasteiger partial charge in [0.1, 0.15) is 0 Å². The van der Waals surface area contributed by atoms with Gasteiger partial charge in [-0.25, -0.2) is 13.2 Å². The summed E-state index contributed by atoms with van der Waals surface area (Å²) in [4.78, 5) is 10.9. The highest BCUT2D eigenvalue weighted by Crippen LogP contribution is 2.33. The van der Waals surface area contributed by atoms with Crippen molar-refractivity contribution in [1.29, 1.82) is 0 Å². The number of aliphatic hydroxyl groups is 1. The minimum atomic E-state index is -3.82. The Balaban J connectivity index is 2.49. The Morgan fingerprint density at radius 3 is 2.40 bits per heavy atom. The molecule has 1 saturated heterocycles. The summed E-state index contributed by atoms with van der Waals surface area (Å²) in [6.45, 7) is 3.17. The molecule has 0 saturated carbocycles. The van der Waals surface area contributed by atoms with Crippen molar-refractivity contribution in [2.45, 2.75) is 24.3 Å². The molecule has 0 bridgehead atoms. The molecule has 1 aromatic rings. The van der Waals surface area contributed by atoms with Crippen LogP contribution >= 0.6 is 15.9 Å². The van der Waals surface area contributed by atoms with Crippen molar-refractivity contribution in [3.05, 3.63) is 27.7 Å². The van der Waals surface area contributed by atoms with Gasteiger partial charge in [0.2, 0.25) is 10.0 Å². The maximum atomic E-state index is 12.4. The maximum absolute atomic E-state index is 12.4. The number of hydrogen-bond acceptors (Lipinski definition) is 4. The van der Waals surface area contributed by atoms with E-state index >= 15 is 0 Å². The predicted octanol–water partition coefficient (Wildman–Crippen LogP) is 1.21. The van der Waals surface area contributed by atoms with Crippen molar-refractivity contribution in [1.82, 2.24) is 4.31 Å². The number of halogens is 1. The fraction of sp³-hybridized carbons (Fsp3) is 0.417. The van der Waals surface area contributed by atoms with E-state index in [0.717, 1.165) is 10.4 Å². The van der Waals surface area contributed by atoms with Gasteiger partial charge in [-0.3, -0.25) is 0 Å². The molecular weight excluding hydrogens is 350 g/mol. The number of sulfonamides is 1. The van der Waals surface area contributed by atoms with Crippen molar-refractivity contribution in [3.63, 3.8) is 0 Å². The first kappa shape index (κ1) is 15.4. The molecule has 1 aromatic carbocycles. The Morgan fingerprint density at radius 1 is 1.40 bits per heavy atom.